The van der Waals surface area contributed by atoms with Crippen LogP contribution in [0.3, 0.4) is 0 Å². The van der Waals surface area contributed by atoms with Crippen molar-refractivity contribution >= 4 is 17.3 Å². The number of amides is 1. The first-order valence-electron chi connectivity index (χ1n) is 6.77. The Morgan fingerprint density at radius 2 is 1.90 bits per heavy atom. The summed E-state index contributed by atoms with van der Waals surface area (Å²) in [5, 5.41) is 0. The number of nitrogen functional groups attached to an aromatic ring is 1. The van der Waals surface area contributed by atoms with Crippen LogP contribution >= 0.6 is 0 Å². The molecule has 0 saturated heterocycles. The van der Waals surface area contributed by atoms with Crippen molar-refractivity contribution in [2.45, 2.75) is 20.8 Å². The van der Waals surface area contributed by atoms with Crippen molar-refractivity contribution in [1.82, 2.24) is 0 Å². The molecule has 2 N–H and O–H groups in total. The molecule has 3 nitrogen and oxygen atoms in total. The summed E-state index contributed by atoms with van der Waals surface area (Å²) >= 11 is 0. The number of hydrogen-bond donors (Lipinski definition) is 1. The fourth-order valence-corrected chi connectivity index (χ4v) is 2.17. The van der Waals surface area contributed by atoms with Gasteiger partial charge in [0.25, 0.3) is 5.91 Å². The number of hydrogen-bond acceptors (Lipinski definition) is 2. The molecular formula is C17H20N2O. The van der Waals surface area contributed by atoms with Crippen LogP contribution in [0.5, 0.6) is 0 Å². The molecule has 0 atom stereocenters. The lowest BCUT2D eigenvalue weighted by atomic mass is 10.1. The average Bonchev–Trinajstić information content (AvgIpc) is 2.42. The van der Waals surface area contributed by atoms with Crippen molar-refractivity contribution in [2.75, 3.05) is 17.2 Å². The van der Waals surface area contributed by atoms with Crippen LogP contribution in [0.2, 0.25) is 0 Å². The van der Waals surface area contributed by atoms with Crippen LogP contribution in [-0.4, -0.2) is 12.5 Å². The monoisotopic (exact) mass is 268 g/mol. The molecular weight excluding hydrogens is 248 g/mol. The van der Waals surface area contributed by atoms with E-state index in [0.717, 1.165) is 16.8 Å². The zero-order valence-corrected chi connectivity index (χ0v) is 12.2. The Morgan fingerprint density at radius 1 is 1.15 bits per heavy atom. The van der Waals surface area contributed by atoms with Gasteiger partial charge in [0.05, 0.1) is 0 Å². The number of nitrogens with two attached hydrogens (primary N) is 1. The summed E-state index contributed by atoms with van der Waals surface area (Å²) in [4.78, 5) is 14.4. The molecule has 0 radical (unpaired) electrons. The highest BCUT2D eigenvalue weighted by Gasteiger charge is 2.16. The third-order valence-corrected chi connectivity index (χ3v) is 3.40. The van der Waals surface area contributed by atoms with E-state index in [2.05, 4.69) is 0 Å². The average molecular weight is 268 g/mol. The predicted molar refractivity (Wildman–Crippen MR) is 84.1 cm³/mol. The normalized spacial score (nSPS) is 10.3. The summed E-state index contributed by atoms with van der Waals surface area (Å²) in [5.41, 5.74) is 10.2. The van der Waals surface area contributed by atoms with E-state index in [1.165, 1.54) is 0 Å². The second-order valence-corrected chi connectivity index (χ2v) is 4.96. The van der Waals surface area contributed by atoms with E-state index in [-0.39, 0.29) is 5.91 Å². The van der Waals surface area contributed by atoms with Crippen molar-refractivity contribution < 1.29 is 4.79 Å². The molecule has 0 aliphatic heterocycles. The maximum Gasteiger partial charge on any atom is 0.258 e. The molecule has 2 aromatic rings. The van der Waals surface area contributed by atoms with Gasteiger partial charge in [0.2, 0.25) is 0 Å². The highest BCUT2D eigenvalue weighted by atomic mass is 16.2. The van der Waals surface area contributed by atoms with Gasteiger partial charge in [0.15, 0.2) is 0 Å². The van der Waals surface area contributed by atoms with E-state index in [4.69, 9.17) is 5.73 Å². The zero-order chi connectivity index (χ0) is 14.7. The molecule has 0 aliphatic carbocycles. The first-order chi connectivity index (χ1) is 9.52. The maximum absolute atomic E-state index is 12.6. The Balaban J connectivity index is 2.36. The Labute approximate surface area is 120 Å². The first-order valence-corrected chi connectivity index (χ1v) is 6.77. The number of rotatable bonds is 3. The Kier molecular flexibility index (Phi) is 4.08. The summed E-state index contributed by atoms with van der Waals surface area (Å²) in [7, 11) is 0. The van der Waals surface area contributed by atoms with Crippen LogP contribution < -0.4 is 10.6 Å². The van der Waals surface area contributed by atoms with Crippen LogP contribution in [0.25, 0.3) is 0 Å². The summed E-state index contributed by atoms with van der Waals surface area (Å²) in [6.07, 6.45) is 0. The number of anilines is 2. The molecule has 3 heteroatoms. The molecule has 0 aromatic heterocycles. The molecule has 104 valence electrons. The highest BCUT2D eigenvalue weighted by Crippen LogP contribution is 2.20. The first kappa shape index (κ1) is 14.1. The molecule has 20 heavy (non-hydrogen) atoms. The van der Waals surface area contributed by atoms with Gasteiger partial charge < -0.3 is 10.6 Å². The van der Waals surface area contributed by atoms with Crippen molar-refractivity contribution in [3.8, 4) is 0 Å². The largest absolute Gasteiger partial charge is 0.398 e. The predicted octanol–water partition coefficient (Wildman–Crippen LogP) is 3.55. The molecule has 1 amide bonds. The minimum atomic E-state index is -0.0233. The van der Waals surface area contributed by atoms with Crippen LogP contribution in [-0.2, 0) is 0 Å². The number of carbonyl (C=O) groups excluding carboxylic acids is 1. The fourth-order valence-electron chi connectivity index (χ4n) is 2.17. The topological polar surface area (TPSA) is 46.3 Å². The quantitative estimate of drug-likeness (QED) is 0.865. The van der Waals surface area contributed by atoms with Gasteiger partial charge in [-0.25, -0.2) is 0 Å². The smallest absolute Gasteiger partial charge is 0.258 e. The van der Waals surface area contributed by atoms with E-state index >= 15 is 0 Å². The van der Waals surface area contributed by atoms with E-state index < -0.39 is 0 Å². The van der Waals surface area contributed by atoms with Crippen LogP contribution in [0.4, 0.5) is 11.4 Å². The van der Waals surface area contributed by atoms with Gasteiger partial charge in [0.1, 0.15) is 0 Å². The summed E-state index contributed by atoms with van der Waals surface area (Å²) in [6.45, 7) is 6.54. The molecule has 2 rings (SSSR count). The van der Waals surface area contributed by atoms with E-state index in [0.29, 0.717) is 17.8 Å². The van der Waals surface area contributed by atoms with Crippen LogP contribution in [0.1, 0.15) is 28.4 Å². The lowest BCUT2D eigenvalue weighted by molar-refractivity contribution is 0.0988. The van der Waals surface area contributed by atoms with Gasteiger partial charge in [-0.05, 0) is 56.2 Å². The Morgan fingerprint density at radius 3 is 2.50 bits per heavy atom. The molecule has 2 aromatic carbocycles. The number of nitrogens with zero attached hydrogens (tertiary/aromatic N) is 1. The Hall–Kier alpha value is -2.29. The number of aryl methyl sites for hydroxylation is 2. The van der Waals surface area contributed by atoms with Gasteiger partial charge in [-0.2, -0.15) is 0 Å². The second kappa shape index (κ2) is 5.78. The molecule has 0 unspecified atom stereocenters. The zero-order valence-electron chi connectivity index (χ0n) is 12.2. The van der Waals surface area contributed by atoms with Gasteiger partial charge in [-0.1, -0.05) is 18.2 Å². The minimum Gasteiger partial charge on any atom is -0.398 e. The third-order valence-electron chi connectivity index (χ3n) is 3.40. The number of benzene rings is 2. The summed E-state index contributed by atoms with van der Waals surface area (Å²) < 4.78 is 0. The molecule has 0 saturated carbocycles. The van der Waals surface area contributed by atoms with E-state index in [9.17, 15) is 4.79 Å². The second-order valence-electron chi connectivity index (χ2n) is 4.96. The maximum atomic E-state index is 12.6. The Bertz CT molecular complexity index is 635. The van der Waals surface area contributed by atoms with E-state index in [1.807, 2.05) is 57.2 Å². The number of carbonyl (C=O) groups is 1. The fraction of sp³-hybridized carbons (Fsp3) is 0.235. The van der Waals surface area contributed by atoms with Gasteiger partial charge in [0, 0.05) is 23.5 Å². The third kappa shape index (κ3) is 2.82. The standard InChI is InChI=1S/C17H20N2O/c1-4-19(15-7-5-6-12(2)10-15)17(20)14-9-8-13(3)16(18)11-14/h5-11H,4,18H2,1-3H3. The van der Waals surface area contributed by atoms with E-state index in [1.54, 1.807) is 11.0 Å². The molecule has 0 heterocycles. The minimum absolute atomic E-state index is 0.0233. The lowest BCUT2D eigenvalue weighted by Gasteiger charge is -2.22. The summed E-state index contributed by atoms with van der Waals surface area (Å²) in [5.74, 6) is -0.0233. The van der Waals surface area contributed by atoms with Gasteiger partial charge in [-0.15, -0.1) is 0 Å². The highest BCUT2D eigenvalue weighted by molar-refractivity contribution is 6.06. The molecule has 0 fully saturated rings. The molecule has 0 aliphatic rings. The SMILES string of the molecule is CCN(C(=O)c1ccc(C)c(N)c1)c1cccc(C)c1. The van der Waals surface area contributed by atoms with Crippen LogP contribution in [0, 0.1) is 13.8 Å². The van der Waals surface area contributed by atoms with Crippen LogP contribution in [0.15, 0.2) is 42.5 Å². The van der Waals surface area contributed by atoms with Crippen molar-refractivity contribution in [1.29, 1.82) is 0 Å². The van der Waals surface area contributed by atoms with Gasteiger partial charge in [-0.3, -0.25) is 4.79 Å². The van der Waals surface area contributed by atoms with Crippen molar-refractivity contribution in [3.63, 3.8) is 0 Å². The summed E-state index contributed by atoms with van der Waals surface area (Å²) in [6, 6.07) is 13.4. The van der Waals surface area contributed by atoms with Gasteiger partial charge >= 0.3 is 0 Å². The lowest BCUT2D eigenvalue weighted by Crippen LogP contribution is -2.30. The van der Waals surface area contributed by atoms with Crippen molar-refractivity contribution in [2.24, 2.45) is 0 Å². The molecule has 0 spiro atoms. The van der Waals surface area contributed by atoms with Crippen molar-refractivity contribution in [3.05, 3.63) is 59.2 Å². The molecule has 0 bridgehead atoms.